The van der Waals surface area contributed by atoms with E-state index in [1.807, 2.05) is 7.11 Å². The van der Waals surface area contributed by atoms with Crippen LogP contribution < -0.4 is 4.74 Å². The standard InChI is InChI=1S/C37H59NOSi/c1-9-11-22-37(23-12-10-2)33-25-29(39-6)19-20-30(33)32-24-27-18-21-35(31(27)26-34(32)37)40(7,8)38(36(3,4)5)28-16-14-13-15-17-28/h19-20,24-28,31,35H,9-18,21-23H2,1-8H3. The number of allylic oxidation sites excluding steroid dienone is 4. The van der Waals surface area contributed by atoms with Crippen LogP contribution in [0.15, 0.2) is 35.9 Å². The Morgan fingerprint density at radius 1 is 0.925 bits per heavy atom. The first-order chi connectivity index (χ1) is 19.1. The van der Waals surface area contributed by atoms with Gasteiger partial charge in [-0.05, 0) is 105 Å². The highest BCUT2D eigenvalue weighted by Gasteiger charge is 2.54. The van der Waals surface area contributed by atoms with Gasteiger partial charge in [-0.15, -0.1) is 0 Å². The van der Waals surface area contributed by atoms with E-state index in [1.54, 1.807) is 16.7 Å². The molecule has 1 aromatic carbocycles. The van der Waals surface area contributed by atoms with Crippen LogP contribution in [0.2, 0.25) is 18.6 Å². The zero-order valence-electron chi connectivity index (χ0n) is 27.2. The van der Waals surface area contributed by atoms with Crippen LogP contribution in [0.3, 0.4) is 0 Å². The van der Waals surface area contributed by atoms with Gasteiger partial charge in [0.15, 0.2) is 0 Å². The first-order valence-corrected chi connectivity index (χ1v) is 20.0. The minimum atomic E-state index is -1.73. The van der Waals surface area contributed by atoms with Gasteiger partial charge in [-0.3, -0.25) is 0 Å². The molecule has 0 aliphatic heterocycles. The third-order valence-electron chi connectivity index (χ3n) is 11.5. The molecular weight excluding hydrogens is 502 g/mol. The molecule has 0 radical (unpaired) electrons. The lowest BCUT2D eigenvalue weighted by Gasteiger charge is -2.55. The number of benzene rings is 1. The van der Waals surface area contributed by atoms with E-state index in [0.717, 1.165) is 17.3 Å². The number of unbranched alkanes of at least 4 members (excludes halogenated alkanes) is 2. The summed E-state index contributed by atoms with van der Waals surface area (Å²) in [6.45, 7) is 17.8. The molecule has 40 heavy (non-hydrogen) atoms. The fourth-order valence-electron chi connectivity index (χ4n) is 10.00. The van der Waals surface area contributed by atoms with Gasteiger partial charge in [0, 0.05) is 17.0 Å². The number of hydrogen-bond donors (Lipinski definition) is 0. The van der Waals surface area contributed by atoms with Gasteiger partial charge in [0.1, 0.15) is 14.0 Å². The van der Waals surface area contributed by atoms with Crippen LogP contribution in [0, 0.1) is 11.8 Å². The average Bonchev–Trinajstić information content (AvgIpc) is 3.46. The molecule has 2 fully saturated rings. The van der Waals surface area contributed by atoms with Crippen LogP contribution in [0.5, 0.6) is 5.75 Å². The Hall–Kier alpha value is -1.32. The Morgan fingerprint density at radius 3 is 2.20 bits per heavy atom. The average molecular weight is 562 g/mol. The molecule has 0 amide bonds. The van der Waals surface area contributed by atoms with Crippen molar-refractivity contribution in [3.63, 3.8) is 0 Å². The van der Waals surface area contributed by atoms with E-state index in [2.05, 4.69) is 82.6 Å². The van der Waals surface area contributed by atoms with Gasteiger partial charge < -0.3 is 9.30 Å². The van der Waals surface area contributed by atoms with Crippen LogP contribution in [0.4, 0.5) is 0 Å². The molecule has 4 aliphatic rings. The lowest BCUT2D eigenvalue weighted by Crippen LogP contribution is -2.64. The molecule has 2 nitrogen and oxygen atoms in total. The first-order valence-electron chi connectivity index (χ1n) is 17.0. The fraction of sp³-hybridized carbons (Fsp3) is 0.730. The topological polar surface area (TPSA) is 12.5 Å². The monoisotopic (exact) mass is 561 g/mol. The molecule has 0 bridgehead atoms. The minimum absolute atomic E-state index is 0.151. The maximum Gasteiger partial charge on any atom is 0.126 e. The van der Waals surface area contributed by atoms with Crippen LogP contribution in [-0.2, 0) is 5.41 Å². The summed E-state index contributed by atoms with van der Waals surface area (Å²) in [7, 11) is 0.103. The van der Waals surface area contributed by atoms with Gasteiger partial charge in [0.2, 0.25) is 0 Å². The fourth-order valence-corrected chi connectivity index (χ4v) is 15.4. The zero-order valence-corrected chi connectivity index (χ0v) is 28.2. The predicted octanol–water partition coefficient (Wildman–Crippen LogP) is 10.7. The second-order valence-corrected chi connectivity index (χ2v) is 19.8. The van der Waals surface area contributed by atoms with Crippen molar-refractivity contribution in [1.82, 2.24) is 4.57 Å². The van der Waals surface area contributed by atoms with E-state index in [9.17, 15) is 0 Å². The Kier molecular flexibility index (Phi) is 8.86. The van der Waals surface area contributed by atoms with E-state index in [-0.39, 0.29) is 11.0 Å². The van der Waals surface area contributed by atoms with Crippen molar-refractivity contribution in [2.45, 2.75) is 154 Å². The van der Waals surface area contributed by atoms with E-state index in [0.29, 0.717) is 11.8 Å². The second-order valence-electron chi connectivity index (χ2n) is 15.3. The molecule has 4 aliphatic carbocycles. The number of nitrogens with zero attached hydrogens (tertiary/aromatic N) is 1. The normalized spacial score (nSPS) is 26.3. The smallest absolute Gasteiger partial charge is 0.126 e. The number of fused-ring (bicyclic) bond motifs is 4. The van der Waals surface area contributed by atoms with E-state index >= 15 is 0 Å². The Bertz CT molecular complexity index is 1090. The quantitative estimate of drug-likeness (QED) is 0.263. The van der Waals surface area contributed by atoms with Crippen molar-refractivity contribution in [2.75, 3.05) is 7.11 Å². The molecule has 5 rings (SSSR count). The molecule has 0 aromatic heterocycles. The molecule has 0 spiro atoms. The SMILES string of the molecule is CCCCC1(CCCC)C2=CC3C(C=C2c2ccc(OC)cc21)CCC3[Si](C)(C)N(C1CCCCC1)C(C)(C)C. The molecule has 3 unspecified atom stereocenters. The predicted molar refractivity (Wildman–Crippen MR) is 176 cm³/mol. The van der Waals surface area contributed by atoms with Crippen LogP contribution in [0.1, 0.15) is 129 Å². The summed E-state index contributed by atoms with van der Waals surface area (Å²) in [4.78, 5) is 0. The summed E-state index contributed by atoms with van der Waals surface area (Å²) < 4.78 is 8.95. The number of methoxy groups -OCH3 is 1. The maximum absolute atomic E-state index is 5.81. The van der Waals surface area contributed by atoms with Crippen molar-refractivity contribution in [1.29, 1.82) is 0 Å². The van der Waals surface area contributed by atoms with Crippen LogP contribution >= 0.6 is 0 Å². The molecule has 2 saturated carbocycles. The summed E-state index contributed by atoms with van der Waals surface area (Å²) in [5, 5.41) is 0. The highest BCUT2D eigenvalue weighted by atomic mass is 28.3. The largest absolute Gasteiger partial charge is 0.497 e. The van der Waals surface area contributed by atoms with Gasteiger partial charge in [-0.25, -0.2) is 0 Å². The Labute approximate surface area is 248 Å². The number of hydrogen-bond acceptors (Lipinski definition) is 2. The van der Waals surface area contributed by atoms with Crippen molar-refractivity contribution >= 4 is 13.8 Å². The van der Waals surface area contributed by atoms with Gasteiger partial charge in [-0.1, -0.05) is 96.5 Å². The van der Waals surface area contributed by atoms with Crippen molar-refractivity contribution in [3.05, 3.63) is 47.1 Å². The van der Waals surface area contributed by atoms with Gasteiger partial charge >= 0.3 is 0 Å². The molecule has 3 heteroatoms. The van der Waals surface area contributed by atoms with E-state index < -0.39 is 8.24 Å². The van der Waals surface area contributed by atoms with Gasteiger partial charge in [-0.2, -0.15) is 0 Å². The van der Waals surface area contributed by atoms with Gasteiger partial charge in [0.05, 0.1) is 7.11 Å². The highest BCUT2D eigenvalue weighted by Crippen LogP contribution is 2.62. The van der Waals surface area contributed by atoms with Crippen LogP contribution in [-0.4, -0.2) is 31.5 Å². The van der Waals surface area contributed by atoms with Crippen molar-refractivity contribution in [3.8, 4) is 5.75 Å². The third kappa shape index (κ3) is 5.21. The van der Waals surface area contributed by atoms with Crippen molar-refractivity contribution < 1.29 is 4.74 Å². The maximum atomic E-state index is 5.81. The molecule has 3 atom stereocenters. The first kappa shape index (κ1) is 30.1. The molecule has 0 N–H and O–H groups in total. The summed E-state index contributed by atoms with van der Waals surface area (Å²) in [5.41, 5.74) is 7.59. The Balaban J connectivity index is 1.58. The molecular formula is C37H59NOSi. The molecule has 1 aromatic rings. The van der Waals surface area contributed by atoms with E-state index in [1.165, 1.54) is 89.0 Å². The lowest BCUT2D eigenvalue weighted by molar-refractivity contribution is 0.140. The lowest BCUT2D eigenvalue weighted by atomic mass is 9.68. The number of rotatable bonds is 10. The third-order valence-corrected chi connectivity index (χ3v) is 16.2. The summed E-state index contributed by atoms with van der Waals surface area (Å²) in [6.07, 6.45) is 23.2. The molecule has 0 heterocycles. The molecule has 222 valence electrons. The number of ether oxygens (including phenoxy) is 1. The molecule has 0 saturated heterocycles. The Morgan fingerprint density at radius 2 is 1.60 bits per heavy atom. The summed E-state index contributed by atoms with van der Waals surface area (Å²) in [5.74, 6) is 2.43. The highest BCUT2D eigenvalue weighted by molar-refractivity contribution is 6.76. The zero-order chi connectivity index (χ0) is 28.7. The van der Waals surface area contributed by atoms with E-state index in [4.69, 9.17) is 4.74 Å². The van der Waals surface area contributed by atoms with Crippen LogP contribution in [0.25, 0.3) is 5.57 Å². The summed E-state index contributed by atoms with van der Waals surface area (Å²) in [6, 6.07) is 7.80. The van der Waals surface area contributed by atoms with Gasteiger partial charge in [0.25, 0.3) is 0 Å². The minimum Gasteiger partial charge on any atom is -0.497 e. The van der Waals surface area contributed by atoms with Crippen molar-refractivity contribution in [2.24, 2.45) is 11.8 Å². The second kappa shape index (κ2) is 11.7. The summed E-state index contributed by atoms with van der Waals surface area (Å²) >= 11 is 0.